The van der Waals surface area contributed by atoms with Crippen LogP contribution in [0.15, 0.2) is 60.7 Å². The van der Waals surface area contributed by atoms with Gasteiger partial charge in [-0.1, -0.05) is 17.7 Å². The van der Waals surface area contributed by atoms with Crippen molar-refractivity contribution in [3.63, 3.8) is 0 Å². The zero-order chi connectivity index (χ0) is 26.5. The van der Waals surface area contributed by atoms with Gasteiger partial charge in [-0.15, -0.1) is 0 Å². The molecule has 0 bridgehead atoms. The first-order chi connectivity index (χ1) is 17.6. The van der Waals surface area contributed by atoms with Gasteiger partial charge in [0.05, 0.1) is 12.3 Å². The predicted octanol–water partition coefficient (Wildman–Crippen LogP) is 4.64. The quantitative estimate of drug-likeness (QED) is 0.521. The van der Waals surface area contributed by atoms with Crippen molar-refractivity contribution in [2.45, 2.75) is 31.0 Å². The third kappa shape index (κ3) is 4.19. The molecular formula is C28H25ClF2N2O4. The van der Waals surface area contributed by atoms with Gasteiger partial charge in [0.1, 0.15) is 17.1 Å². The summed E-state index contributed by atoms with van der Waals surface area (Å²) in [7, 11) is 0. The maximum absolute atomic E-state index is 15.6. The monoisotopic (exact) mass is 526 g/mol. The molecule has 0 aliphatic carbocycles. The summed E-state index contributed by atoms with van der Waals surface area (Å²) < 4.78 is 29.3. The highest BCUT2D eigenvalue weighted by Crippen LogP contribution is 2.46. The SMILES string of the molecule is CC1(F)CCN(C(=O)c2ccc(N3CCc4ccc(F)cc4C3=O)cc2)c2ccc(Cl)cc2[C@@]1(O)CO. The van der Waals surface area contributed by atoms with Crippen LogP contribution >= 0.6 is 11.6 Å². The fourth-order valence-corrected chi connectivity index (χ4v) is 5.27. The molecule has 2 atom stereocenters. The van der Waals surface area contributed by atoms with E-state index in [9.17, 15) is 24.2 Å². The standard InChI is InChI=1S/C28H25ClF2N2O4/c1-27(31)11-13-33(24-9-5-19(29)14-23(24)28(27,37)16-34)25(35)18-3-7-21(8-4-18)32-12-10-17-2-6-20(30)15-22(17)26(32)36/h2-9,14-15,34,37H,10-13,16H2,1H3/t27?,28-/m0/s1. The molecule has 6 nitrogen and oxygen atoms in total. The molecule has 192 valence electrons. The fraction of sp³-hybridized carbons (Fsp3) is 0.286. The Bertz CT molecular complexity index is 1400. The molecule has 3 aromatic rings. The Morgan fingerprint density at radius 3 is 2.51 bits per heavy atom. The van der Waals surface area contributed by atoms with Gasteiger partial charge in [-0.2, -0.15) is 0 Å². The second-order valence-corrected chi connectivity index (χ2v) is 10.1. The Kier molecular flexibility index (Phi) is 6.30. The van der Waals surface area contributed by atoms with Gasteiger partial charge >= 0.3 is 0 Å². The van der Waals surface area contributed by atoms with E-state index in [1.807, 2.05) is 0 Å². The molecule has 2 aliphatic rings. The Balaban J connectivity index is 1.46. The number of alkyl halides is 1. The molecule has 3 aromatic carbocycles. The van der Waals surface area contributed by atoms with E-state index < -0.39 is 29.6 Å². The number of aliphatic hydroxyl groups is 2. The summed E-state index contributed by atoms with van der Waals surface area (Å²) in [6, 6.07) is 15.0. The Hall–Kier alpha value is -3.33. The summed E-state index contributed by atoms with van der Waals surface area (Å²) in [6.45, 7) is 0.675. The predicted molar refractivity (Wildman–Crippen MR) is 136 cm³/mol. The van der Waals surface area contributed by atoms with E-state index in [0.29, 0.717) is 24.2 Å². The van der Waals surface area contributed by atoms with Crippen LogP contribution in [0.4, 0.5) is 20.2 Å². The number of nitrogens with zero attached hydrogens (tertiary/aromatic N) is 2. The van der Waals surface area contributed by atoms with Crippen molar-refractivity contribution >= 4 is 34.8 Å². The zero-order valence-corrected chi connectivity index (χ0v) is 20.8. The maximum Gasteiger partial charge on any atom is 0.258 e. The van der Waals surface area contributed by atoms with E-state index in [0.717, 1.165) is 5.56 Å². The minimum Gasteiger partial charge on any atom is -0.393 e. The average Bonchev–Trinajstić information content (AvgIpc) is 2.97. The lowest BCUT2D eigenvalue weighted by Crippen LogP contribution is -2.49. The molecule has 5 rings (SSSR count). The highest BCUT2D eigenvalue weighted by molar-refractivity contribution is 6.30. The summed E-state index contributed by atoms with van der Waals surface area (Å²) in [5.41, 5.74) is -2.25. The number of carbonyl (C=O) groups is 2. The summed E-state index contributed by atoms with van der Waals surface area (Å²) in [5.74, 6) is -1.24. The molecule has 0 spiro atoms. The van der Waals surface area contributed by atoms with E-state index in [1.54, 1.807) is 30.3 Å². The van der Waals surface area contributed by atoms with Gasteiger partial charge in [-0.3, -0.25) is 9.59 Å². The second kappa shape index (κ2) is 9.20. The molecule has 2 heterocycles. The number of anilines is 2. The van der Waals surface area contributed by atoms with E-state index >= 15 is 4.39 Å². The lowest BCUT2D eigenvalue weighted by molar-refractivity contribution is -0.130. The molecule has 37 heavy (non-hydrogen) atoms. The van der Waals surface area contributed by atoms with Gasteiger partial charge in [0, 0.05) is 46.9 Å². The molecule has 0 radical (unpaired) electrons. The van der Waals surface area contributed by atoms with Crippen LogP contribution in [0.2, 0.25) is 5.02 Å². The van der Waals surface area contributed by atoms with E-state index in [1.165, 1.54) is 47.1 Å². The van der Waals surface area contributed by atoms with Crippen LogP contribution in [0.5, 0.6) is 0 Å². The van der Waals surface area contributed by atoms with Crippen molar-refractivity contribution in [2.75, 3.05) is 29.5 Å². The summed E-state index contributed by atoms with van der Waals surface area (Å²) in [6.07, 6.45) is 0.351. The normalized spacial score (nSPS) is 23.4. The van der Waals surface area contributed by atoms with E-state index in [4.69, 9.17) is 11.6 Å². The van der Waals surface area contributed by atoms with Crippen molar-refractivity contribution in [1.82, 2.24) is 0 Å². The summed E-state index contributed by atoms with van der Waals surface area (Å²) in [5, 5.41) is 21.3. The highest BCUT2D eigenvalue weighted by Gasteiger charge is 2.52. The number of halogens is 3. The van der Waals surface area contributed by atoms with Crippen LogP contribution in [0.3, 0.4) is 0 Å². The van der Waals surface area contributed by atoms with Gasteiger partial charge in [-0.05, 0) is 73.5 Å². The number of amides is 2. The van der Waals surface area contributed by atoms with Gasteiger partial charge in [-0.25, -0.2) is 8.78 Å². The fourth-order valence-electron chi connectivity index (χ4n) is 5.10. The number of fused-ring (bicyclic) bond motifs is 2. The highest BCUT2D eigenvalue weighted by atomic mass is 35.5. The molecular weight excluding hydrogens is 502 g/mol. The number of hydrogen-bond acceptors (Lipinski definition) is 4. The lowest BCUT2D eigenvalue weighted by atomic mass is 9.79. The average molecular weight is 527 g/mol. The van der Waals surface area contributed by atoms with E-state index in [2.05, 4.69) is 0 Å². The Morgan fingerprint density at radius 1 is 1.08 bits per heavy atom. The van der Waals surface area contributed by atoms with Crippen LogP contribution < -0.4 is 9.80 Å². The number of benzene rings is 3. The van der Waals surface area contributed by atoms with Gasteiger partial charge in [0.2, 0.25) is 0 Å². The van der Waals surface area contributed by atoms with Crippen molar-refractivity contribution in [3.8, 4) is 0 Å². The molecule has 1 unspecified atom stereocenters. The summed E-state index contributed by atoms with van der Waals surface area (Å²) in [4.78, 5) is 29.4. The number of carbonyl (C=O) groups excluding carboxylic acids is 2. The van der Waals surface area contributed by atoms with E-state index in [-0.39, 0.29) is 40.7 Å². The minimum atomic E-state index is -2.25. The van der Waals surface area contributed by atoms with Crippen LogP contribution in [0, 0.1) is 5.82 Å². The topological polar surface area (TPSA) is 81.1 Å². The van der Waals surface area contributed by atoms with Gasteiger partial charge < -0.3 is 20.0 Å². The Morgan fingerprint density at radius 2 is 1.81 bits per heavy atom. The molecule has 2 N–H and O–H groups in total. The molecule has 0 saturated carbocycles. The molecule has 0 aromatic heterocycles. The van der Waals surface area contributed by atoms with Crippen molar-refractivity contribution < 1.29 is 28.6 Å². The third-order valence-electron chi connectivity index (χ3n) is 7.41. The molecule has 0 saturated heterocycles. The number of aliphatic hydroxyl groups excluding tert-OH is 1. The summed E-state index contributed by atoms with van der Waals surface area (Å²) >= 11 is 6.12. The largest absolute Gasteiger partial charge is 0.393 e. The van der Waals surface area contributed by atoms with Crippen LogP contribution in [0.25, 0.3) is 0 Å². The third-order valence-corrected chi connectivity index (χ3v) is 7.65. The lowest BCUT2D eigenvalue weighted by Gasteiger charge is -2.37. The Labute approximate surface area is 217 Å². The van der Waals surface area contributed by atoms with Crippen LogP contribution in [-0.2, 0) is 12.0 Å². The molecule has 9 heteroatoms. The second-order valence-electron chi connectivity index (χ2n) is 9.64. The van der Waals surface area contributed by atoms with Crippen LogP contribution in [-0.4, -0.2) is 47.4 Å². The van der Waals surface area contributed by atoms with Gasteiger partial charge in [0.25, 0.3) is 11.8 Å². The van der Waals surface area contributed by atoms with Crippen LogP contribution in [0.1, 0.15) is 45.2 Å². The van der Waals surface area contributed by atoms with Crippen molar-refractivity contribution in [1.29, 1.82) is 0 Å². The number of rotatable bonds is 3. The first-order valence-corrected chi connectivity index (χ1v) is 12.3. The first-order valence-electron chi connectivity index (χ1n) is 11.9. The van der Waals surface area contributed by atoms with Crippen molar-refractivity contribution in [2.24, 2.45) is 0 Å². The van der Waals surface area contributed by atoms with Gasteiger partial charge in [0.15, 0.2) is 0 Å². The minimum absolute atomic E-state index is 0.0276. The maximum atomic E-state index is 15.6. The smallest absolute Gasteiger partial charge is 0.258 e. The number of hydrogen-bond donors (Lipinski definition) is 2. The zero-order valence-electron chi connectivity index (χ0n) is 20.0. The van der Waals surface area contributed by atoms with Crippen molar-refractivity contribution in [3.05, 3.63) is 93.8 Å². The first kappa shape index (κ1) is 25.3. The molecule has 2 amide bonds. The molecule has 0 fully saturated rings. The molecule has 2 aliphatic heterocycles.